The summed E-state index contributed by atoms with van der Waals surface area (Å²) >= 11 is 1.73. The van der Waals surface area contributed by atoms with Gasteiger partial charge in [-0.15, -0.1) is 11.8 Å². The van der Waals surface area contributed by atoms with Crippen molar-refractivity contribution >= 4 is 17.6 Å². The number of aryl methyl sites for hydroxylation is 1. The van der Waals surface area contributed by atoms with E-state index in [1.54, 1.807) is 38.1 Å². The number of methoxy groups -OCH3 is 1. The van der Waals surface area contributed by atoms with Gasteiger partial charge in [-0.2, -0.15) is 13.2 Å². The number of imidazole rings is 1. The lowest BCUT2D eigenvalue weighted by atomic mass is 9.91. The summed E-state index contributed by atoms with van der Waals surface area (Å²) in [5.74, 6) is 3.23. The van der Waals surface area contributed by atoms with E-state index in [0.717, 1.165) is 58.0 Å². The molecule has 4 aromatic rings. The fourth-order valence-corrected chi connectivity index (χ4v) is 6.20. The summed E-state index contributed by atoms with van der Waals surface area (Å²) in [6.45, 7) is 4.82. The number of anilines is 1. The molecule has 1 saturated carbocycles. The topological polar surface area (TPSA) is 90.6 Å². The van der Waals surface area contributed by atoms with E-state index in [1.807, 2.05) is 12.1 Å². The van der Waals surface area contributed by atoms with Crippen molar-refractivity contribution in [3.63, 3.8) is 0 Å². The Bertz CT molecular complexity index is 1580. The molecule has 0 saturated heterocycles. The van der Waals surface area contributed by atoms with Crippen molar-refractivity contribution < 1.29 is 17.9 Å². The van der Waals surface area contributed by atoms with Crippen LogP contribution in [0.1, 0.15) is 55.3 Å². The number of fused-ring (bicyclic) bond motifs is 1. The van der Waals surface area contributed by atoms with Crippen LogP contribution < -0.4 is 10.1 Å². The fraction of sp³-hybridized carbons (Fsp3) is 0.393. The minimum Gasteiger partial charge on any atom is -0.480 e. The Hall–Kier alpha value is -3.67. The van der Waals surface area contributed by atoms with E-state index in [9.17, 15) is 13.2 Å². The highest BCUT2D eigenvalue weighted by atomic mass is 32.2. The molecule has 1 N–H and O–H groups in total. The van der Waals surface area contributed by atoms with Gasteiger partial charge in [-0.25, -0.2) is 24.9 Å². The molecular formula is C28H28F3N7OS. The van der Waals surface area contributed by atoms with Crippen LogP contribution in [0.25, 0.3) is 22.8 Å². The summed E-state index contributed by atoms with van der Waals surface area (Å²) in [7, 11) is 3.15. The summed E-state index contributed by atoms with van der Waals surface area (Å²) in [6, 6.07) is 7.31. The zero-order chi connectivity index (χ0) is 28.2. The summed E-state index contributed by atoms with van der Waals surface area (Å²) in [5.41, 5.74) is 3.13. The second-order valence-corrected chi connectivity index (χ2v) is 11.8. The largest absolute Gasteiger partial charge is 0.480 e. The van der Waals surface area contributed by atoms with Gasteiger partial charge in [0, 0.05) is 42.4 Å². The van der Waals surface area contributed by atoms with Crippen molar-refractivity contribution in [2.75, 3.05) is 18.2 Å². The van der Waals surface area contributed by atoms with Crippen LogP contribution in [0.2, 0.25) is 0 Å². The number of thioether (sulfide) groups is 1. The lowest BCUT2D eigenvalue weighted by Crippen LogP contribution is -2.19. The highest BCUT2D eigenvalue weighted by Crippen LogP contribution is 2.49. The van der Waals surface area contributed by atoms with E-state index in [1.165, 1.54) is 10.9 Å². The quantitative estimate of drug-likeness (QED) is 0.281. The van der Waals surface area contributed by atoms with Crippen LogP contribution in [0.3, 0.4) is 0 Å². The monoisotopic (exact) mass is 567 g/mol. The molecule has 0 amide bonds. The van der Waals surface area contributed by atoms with E-state index >= 15 is 0 Å². The first-order valence-corrected chi connectivity index (χ1v) is 13.9. The standard InChI is InChI=1S/C28H28F3N7OS/c1-27(2)13-40-21-22(27)36-23(19-20(16-9-10-16)33-14-34-26(19)39-4)37-24(21)32-11-15-5-7-17(8-6-15)25-35-18(12-38(25)3)28(29,30)31/h5-8,12,14,16H,9-11,13H2,1-4H3,(H,32,36,37). The third-order valence-corrected chi connectivity index (χ3v) is 8.69. The van der Waals surface area contributed by atoms with Crippen LogP contribution in [-0.2, 0) is 25.2 Å². The second kappa shape index (κ2) is 9.76. The lowest BCUT2D eigenvalue weighted by Gasteiger charge is -2.19. The molecule has 8 nitrogen and oxygen atoms in total. The van der Waals surface area contributed by atoms with Gasteiger partial charge < -0.3 is 14.6 Å². The number of hydrogen-bond acceptors (Lipinski definition) is 8. The van der Waals surface area contributed by atoms with Gasteiger partial charge >= 0.3 is 6.18 Å². The third kappa shape index (κ3) is 4.89. The molecule has 40 heavy (non-hydrogen) atoms. The molecule has 6 rings (SSSR count). The summed E-state index contributed by atoms with van der Waals surface area (Å²) in [4.78, 5) is 23.7. The summed E-state index contributed by atoms with van der Waals surface area (Å²) in [6.07, 6.45) is 0.171. The molecule has 1 fully saturated rings. The van der Waals surface area contributed by atoms with E-state index in [2.05, 4.69) is 34.1 Å². The second-order valence-electron chi connectivity index (χ2n) is 10.8. The fourth-order valence-electron chi connectivity index (χ4n) is 4.84. The predicted molar refractivity (Wildman–Crippen MR) is 146 cm³/mol. The Morgan fingerprint density at radius 1 is 1.10 bits per heavy atom. The van der Waals surface area contributed by atoms with Crippen molar-refractivity contribution in [3.05, 3.63) is 59.4 Å². The number of nitrogens with zero attached hydrogens (tertiary/aromatic N) is 6. The highest BCUT2D eigenvalue weighted by molar-refractivity contribution is 7.99. The van der Waals surface area contributed by atoms with Gasteiger partial charge in [0.05, 0.1) is 23.4 Å². The molecule has 0 unspecified atom stereocenters. The van der Waals surface area contributed by atoms with E-state index < -0.39 is 11.9 Å². The van der Waals surface area contributed by atoms with Crippen molar-refractivity contribution in [3.8, 4) is 28.7 Å². The highest BCUT2D eigenvalue weighted by Gasteiger charge is 2.38. The molecule has 0 spiro atoms. The number of rotatable bonds is 7. The van der Waals surface area contributed by atoms with Crippen LogP contribution in [-0.4, -0.2) is 42.3 Å². The maximum atomic E-state index is 13.1. The first kappa shape index (κ1) is 26.5. The van der Waals surface area contributed by atoms with Gasteiger partial charge in [0.25, 0.3) is 0 Å². The molecule has 0 atom stereocenters. The zero-order valence-electron chi connectivity index (χ0n) is 22.5. The Morgan fingerprint density at radius 3 is 2.50 bits per heavy atom. The first-order chi connectivity index (χ1) is 19.0. The maximum Gasteiger partial charge on any atom is 0.434 e. The molecule has 4 heterocycles. The Kier molecular flexibility index (Phi) is 6.47. The van der Waals surface area contributed by atoms with Crippen molar-refractivity contribution in [1.29, 1.82) is 0 Å². The van der Waals surface area contributed by atoms with E-state index in [-0.39, 0.29) is 11.2 Å². The predicted octanol–water partition coefficient (Wildman–Crippen LogP) is 6.23. The van der Waals surface area contributed by atoms with Gasteiger partial charge in [0.1, 0.15) is 23.5 Å². The summed E-state index contributed by atoms with van der Waals surface area (Å²) in [5, 5.41) is 3.48. The first-order valence-electron chi connectivity index (χ1n) is 12.9. The molecule has 2 aliphatic rings. The van der Waals surface area contributed by atoms with Crippen LogP contribution in [0.5, 0.6) is 5.88 Å². The van der Waals surface area contributed by atoms with Gasteiger partial charge in [-0.3, -0.25) is 0 Å². The van der Waals surface area contributed by atoms with Gasteiger partial charge in [0.15, 0.2) is 11.5 Å². The molecule has 1 aliphatic heterocycles. The Balaban J connectivity index is 1.31. The molecule has 1 aromatic carbocycles. The average Bonchev–Trinajstić information content (AvgIpc) is 3.63. The molecule has 0 radical (unpaired) electrons. The number of alkyl halides is 3. The van der Waals surface area contributed by atoms with Crippen molar-refractivity contribution in [1.82, 2.24) is 29.5 Å². The molecule has 0 bridgehead atoms. The number of benzene rings is 1. The molecule has 12 heteroatoms. The average molecular weight is 568 g/mol. The molecule has 3 aromatic heterocycles. The van der Waals surface area contributed by atoms with E-state index in [0.29, 0.717) is 29.7 Å². The van der Waals surface area contributed by atoms with E-state index in [4.69, 9.17) is 14.7 Å². The third-order valence-electron chi connectivity index (χ3n) is 7.15. The Morgan fingerprint density at radius 2 is 1.85 bits per heavy atom. The number of nitrogens with one attached hydrogen (secondary N) is 1. The number of ether oxygens (including phenoxy) is 1. The molecule has 208 valence electrons. The van der Waals surface area contributed by atoms with Crippen LogP contribution in [0, 0.1) is 0 Å². The smallest absolute Gasteiger partial charge is 0.434 e. The maximum absolute atomic E-state index is 13.1. The van der Waals surface area contributed by atoms with Crippen molar-refractivity contribution in [2.45, 2.75) is 55.6 Å². The van der Waals surface area contributed by atoms with Crippen molar-refractivity contribution in [2.24, 2.45) is 7.05 Å². The van der Waals surface area contributed by atoms with Gasteiger partial charge in [0.2, 0.25) is 5.88 Å². The molecule has 1 aliphatic carbocycles. The normalized spacial score (nSPS) is 16.2. The number of halogens is 3. The minimum atomic E-state index is -4.49. The minimum absolute atomic E-state index is 0.143. The van der Waals surface area contributed by atoms with Gasteiger partial charge in [-0.05, 0) is 18.4 Å². The van der Waals surface area contributed by atoms with Crippen LogP contribution in [0.15, 0.2) is 41.7 Å². The molecular weight excluding hydrogens is 539 g/mol. The van der Waals surface area contributed by atoms with Gasteiger partial charge in [-0.1, -0.05) is 38.1 Å². The van der Waals surface area contributed by atoms with Crippen LogP contribution in [0.4, 0.5) is 19.0 Å². The SMILES string of the molecule is COc1ncnc(C2CC2)c1-c1nc(NCc2ccc(-c3nc(C(F)(F)F)cn3C)cc2)c2c(n1)C(C)(C)CS2. The number of aromatic nitrogens is 6. The summed E-state index contributed by atoms with van der Waals surface area (Å²) < 4.78 is 46.3. The van der Waals surface area contributed by atoms with Crippen LogP contribution >= 0.6 is 11.8 Å². The zero-order valence-corrected chi connectivity index (χ0v) is 23.3. The number of hydrogen-bond donors (Lipinski definition) is 1. The Labute approximate surface area is 233 Å². The lowest BCUT2D eigenvalue weighted by molar-refractivity contribution is -0.140.